The number of allylic oxidation sites excluding steroid dienone is 12. The van der Waals surface area contributed by atoms with Crippen molar-refractivity contribution < 1.29 is 17.6 Å². The summed E-state index contributed by atoms with van der Waals surface area (Å²) in [7, 11) is 0. The van der Waals surface area contributed by atoms with Crippen LogP contribution in [0, 0.1) is 23.3 Å². The first-order valence-electron chi connectivity index (χ1n) is 8.59. The highest BCUT2D eigenvalue weighted by molar-refractivity contribution is 5.66. The summed E-state index contributed by atoms with van der Waals surface area (Å²) in [5, 5.41) is 0. The lowest BCUT2D eigenvalue weighted by Gasteiger charge is -2.39. The Bertz CT molecular complexity index is 948. The molecule has 5 aliphatic carbocycles. The Labute approximate surface area is 148 Å². The molecule has 1 aromatic carbocycles. The van der Waals surface area contributed by atoms with E-state index in [1.54, 1.807) is 0 Å². The van der Waals surface area contributed by atoms with Crippen molar-refractivity contribution in [3.8, 4) is 0 Å². The molecule has 0 N–H and O–H groups in total. The quantitative estimate of drug-likeness (QED) is 0.344. The van der Waals surface area contributed by atoms with Crippen molar-refractivity contribution in [3.05, 3.63) is 105 Å². The standard InChI is InChI=1S/C22H14F4/c23-19-17-15-10-14(12-7-3-4-8-12)16(9-13(15)11-5-1-2-6-11)18(17)20(24)22(26)21(19)25/h1-5,7,9-10,15-16H,6,8H2/t15-,16-/m0/s1. The Hall–Kier alpha value is -2.62. The smallest absolute Gasteiger partial charge is 0.197 e. The second kappa shape index (κ2) is 5.44. The van der Waals surface area contributed by atoms with Crippen LogP contribution in [-0.2, 0) is 0 Å². The molecule has 2 atom stereocenters. The van der Waals surface area contributed by atoms with E-state index in [1.165, 1.54) is 0 Å². The molecule has 0 fully saturated rings. The zero-order chi connectivity index (χ0) is 18.0. The highest BCUT2D eigenvalue weighted by Gasteiger charge is 2.43. The van der Waals surface area contributed by atoms with Gasteiger partial charge in [-0.05, 0) is 35.1 Å². The summed E-state index contributed by atoms with van der Waals surface area (Å²) in [6.07, 6.45) is 16.8. The lowest BCUT2D eigenvalue weighted by Crippen LogP contribution is -2.26. The maximum absolute atomic E-state index is 14.6. The molecule has 0 spiro atoms. The van der Waals surface area contributed by atoms with Crippen molar-refractivity contribution >= 4 is 0 Å². The molecular formula is C22H14F4. The van der Waals surface area contributed by atoms with E-state index >= 15 is 0 Å². The molecule has 0 aromatic heterocycles. The fourth-order valence-corrected chi connectivity index (χ4v) is 4.43. The van der Waals surface area contributed by atoms with Crippen LogP contribution in [0.3, 0.4) is 0 Å². The van der Waals surface area contributed by atoms with E-state index in [1.807, 2.05) is 48.6 Å². The van der Waals surface area contributed by atoms with Gasteiger partial charge < -0.3 is 0 Å². The maximum atomic E-state index is 14.6. The normalized spacial score (nSPS) is 25.2. The average molecular weight is 354 g/mol. The van der Waals surface area contributed by atoms with E-state index in [0.717, 1.165) is 22.3 Å². The minimum atomic E-state index is -1.73. The summed E-state index contributed by atoms with van der Waals surface area (Å²) in [4.78, 5) is 0. The summed E-state index contributed by atoms with van der Waals surface area (Å²) in [6, 6.07) is 0. The largest absolute Gasteiger partial charge is 0.203 e. The highest BCUT2D eigenvalue weighted by Crippen LogP contribution is 2.55. The molecule has 0 nitrogen and oxygen atoms in total. The summed E-state index contributed by atoms with van der Waals surface area (Å²) >= 11 is 0. The second-order valence-corrected chi connectivity index (χ2v) is 6.93. The number of hydrogen-bond donors (Lipinski definition) is 0. The first kappa shape index (κ1) is 15.6. The molecular weight excluding hydrogens is 340 g/mol. The van der Waals surface area contributed by atoms with Gasteiger partial charge in [-0.15, -0.1) is 0 Å². The summed E-state index contributed by atoms with van der Waals surface area (Å²) < 4.78 is 57.1. The lowest BCUT2D eigenvalue weighted by atomic mass is 9.65. The molecule has 26 heavy (non-hydrogen) atoms. The highest BCUT2D eigenvalue weighted by atomic mass is 19.2. The molecule has 4 heteroatoms. The van der Waals surface area contributed by atoms with Gasteiger partial charge in [0.05, 0.1) is 0 Å². The average Bonchev–Trinajstić information content (AvgIpc) is 3.37. The second-order valence-electron chi connectivity index (χ2n) is 6.93. The summed E-state index contributed by atoms with van der Waals surface area (Å²) in [5.74, 6) is -7.24. The Morgan fingerprint density at radius 1 is 0.615 bits per heavy atom. The molecule has 0 heterocycles. The first-order chi connectivity index (χ1) is 12.6. The van der Waals surface area contributed by atoms with E-state index in [0.29, 0.717) is 12.8 Å². The fourth-order valence-electron chi connectivity index (χ4n) is 4.43. The minimum absolute atomic E-state index is 0.0630. The van der Waals surface area contributed by atoms with Crippen LogP contribution < -0.4 is 0 Å². The van der Waals surface area contributed by atoms with Gasteiger partial charge in [0.1, 0.15) is 0 Å². The van der Waals surface area contributed by atoms with Gasteiger partial charge in [-0.1, -0.05) is 48.6 Å². The van der Waals surface area contributed by atoms with E-state index in [9.17, 15) is 17.6 Å². The number of benzene rings is 1. The number of hydrogen-bond acceptors (Lipinski definition) is 0. The van der Waals surface area contributed by atoms with Crippen molar-refractivity contribution in [3.63, 3.8) is 0 Å². The van der Waals surface area contributed by atoms with Crippen LogP contribution in [-0.4, -0.2) is 0 Å². The zero-order valence-electron chi connectivity index (χ0n) is 13.7. The lowest BCUT2D eigenvalue weighted by molar-refractivity contribution is 0.393. The van der Waals surface area contributed by atoms with Crippen molar-refractivity contribution in [1.82, 2.24) is 0 Å². The molecule has 0 amide bonds. The van der Waals surface area contributed by atoms with Crippen LogP contribution in [0.25, 0.3) is 0 Å². The monoisotopic (exact) mass is 354 g/mol. The van der Waals surface area contributed by atoms with E-state index in [2.05, 4.69) is 0 Å². The van der Waals surface area contributed by atoms with Crippen LogP contribution in [0.4, 0.5) is 17.6 Å². The van der Waals surface area contributed by atoms with Gasteiger partial charge in [-0.2, -0.15) is 0 Å². The molecule has 2 bridgehead atoms. The van der Waals surface area contributed by atoms with Gasteiger partial charge in [0.25, 0.3) is 0 Å². The van der Waals surface area contributed by atoms with Crippen LogP contribution in [0.15, 0.2) is 70.9 Å². The van der Waals surface area contributed by atoms with E-state index in [4.69, 9.17) is 0 Å². The molecule has 0 saturated heterocycles. The molecule has 5 aliphatic rings. The van der Waals surface area contributed by atoms with Crippen molar-refractivity contribution in [1.29, 1.82) is 0 Å². The minimum Gasteiger partial charge on any atom is -0.203 e. The predicted molar refractivity (Wildman–Crippen MR) is 91.6 cm³/mol. The Morgan fingerprint density at radius 3 is 1.38 bits per heavy atom. The van der Waals surface area contributed by atoms with E-state index in [-0.39, 0.29) is 11.1 Å². The van der Waals surface area contributed by atoms with Crippen molar-refractivity contribution in [2.75, 3.05) is 0 Å². The summed E-state index contributed by atoms with van der Waals surface area (Å²) in [5.41, 5.74) is 3.59. The predicted octanol–water partition coefficient (Wildman–Crippen LogP) is 6.06. The first-order valence-corrected chi connectivity index (χ1v) is 8.59. The third kappa shape index (κ3) is 1.96. The zero-order valence-corrected chi connectivity index (χ0v) is 13.7. The molecule has 6 rings (SSSR count). The maximum Gasteiger partial charge on any atom is 0.197 e. The van der Waals surface area contributed by atoms with Gasteiger partial charge in [-0.3, -0.25) is 0 Å². The fraction of sp³-hybridized carbons (Fsp3) is 0.182. The molecule has 0 radical (unpaired) electrons. The SMILES string of the molecule is Fc1c(F)c(F)c2c(c1F)[C@H]1C=C(C3=CC=CC3)[C@@H]2C=C1C1=CC=CC1. The van der Waals surface area contributed by atoms with Gasteiger partial charge >= 0.3 is 0 Å². The Kier molecular flexibility index (Phi) is 3.27. The Balaban J connectivity index is 1.74. The third-order valence-electron chi connectivity index (χ3n) is 5.61. The van der Waals surface area contributed by atoms with E-state index < -0.39 is 35.1 Å². The molecule has 0 unspecified atom stereocenters. The molecule has 0 aliphatic heterocycles. The van der Waals surface area contributed by atoms with Crippen molar-refractivity contribution in [2.24, 2.45) is 0 Å². The van der Waals surface area contributed by atoms with Gasteiger partial charge in [0.2, 0.25) is 0 Å². The van der Waals surface area contributed by atoms with Gasteiger partial charge in [-0.25, -0.2) is 17.6 Å². The van der Waals surface area contributed by atoms with Crippen molar-refractivity contribution in [2.45, 2.75) is 24.7 Å². The number of rotatable bonds is 2. The molecule has 0 saturated carbocycles. The van der Waals surface area contributed by atoms with Gasteiger partial charge in [0.15, 0.2) is 23.3 Å². The van der Waals surface area contributed by atoms with Crippen LogP contribution in [0.1, 0.15) is 35.8 Å². The topological polar surface area (TPSA) is 0 Å². The number of halogens is 4. The van der Waals surface area contributed by atoms with Crippen LogP contribution in [0.5, 0.6) is 0 Å². The molecule has 1 aromatic rings. The van der Waals surface area contributed by atoms with Gasteiger partial charge in [0, 0.05) is 23.0 Å². The van der Waals surface area contributed by atoms with Crippen LogP contribution >= 0.6 is 0 Å². The third-order valence-corrected chi connectivity index (χ3v) is 5.61. The Morgan fingerprint density at radius 2 is 1.04 bits per heavy atom. The molecule has 130 valence electrons. The summed E-state index contributed by atoms with van der Waals surface area (Å²) in [6.45, 7) is 0. The van der Waals surface area contributed by atoms with Crippen LogP contribution in [0.2, 0.25) is 0 Å².